The van der Waals surface area contributed by atoms with Crippen LogP contribution in [-0.2, 0) is 89.6 Å². The van der Waals surface area contributed by atoms with Crippen LogP contribution in [0.4, 0.5) is 0 Å². The molecule has 33 heteroatoms. The van der Waals surface area contributed by atoms with E-state index in [0.29, 0.717) is 40.0 Å². The van der Waals surface area contributed by atoms with E-state index in [9.17, 15) is 81.8 Å². The third-order valence-electron chi connectivity index (χ3n) is 18.5. The molecule has 108 heavy (non-hydrogen) atoms. The van der Waals surface area contributed by atoms with E-state index in [1.807, 2.05) is 13.8 Å². The van der Waals surface area contributed by atoms with Crippen molar-refractivity contribution in [2.75, 3.05) is 36.1 Å². The number of aromatic nitrogens is 1. The van der Waals surface area contributed by atoms with Gasteiger partial charge in [-0.05, 0) is 142 Å². The van der Waals surface area contributed by atoms with Crippen molar-refractivity contribution in [3.05, 3.63) is 65.9 Å². The number of ketones is 5. The van der Waals surface area contributed by atoms with Gasteiger partial charge in [-0.2, -0.15) is 23.5 Å². The SMILES string of the molecule is CC(=O)C[C@]1(C)CSCCCCCCCSC[C@@](C)(C(=O)NC(C)C(=O)N[C@@H](C)C(=O)NC(C)C(=O)N[C@@H](C)C(=O)C(=O)[C@H](C)NC[C@H](C)C(N)=O)NC(=O)[C@H](CC(C)C)CN[C@@H](CCC(N)=O)C(=O)C(=O)C(C)NC(=O)[C@H](Cc2c[nH]c3ccccc23)NC(=O)[C@H](Cc2ccc(O)cc2)NC(=O)C(C)NC1=O. The van der Waals surface area contributed by atoms with Gasteiger partial charge in [0.15, 0.2) is 0 Å². The minimum Gasteiger partial charge on any atom is -0.508 e. The monoisotopic (exact) mass is 1540 g/mol. The van der Waals surface area contributed by atoms with Gasteiger partial charge in [0.2, 0.25) is 88.1 Å². The molecule has 2 heterocycles. The van der Waals surface area contributed by atoms with Crippen LogP contribution in [-0.4, -0.2) is 206 Å². The Balaban J connectivity index is 1.65. The van der Waals surface area contributed by atoms with E-state index in [1.54, 1.807) is 44.3 Å². The van der Waals surface area contributed by atoms with Crippen molar-refractivity contribution >= 4 is 128 Å². The average Bonchev–Trinajstić information content (AvgIpc) is 1.78. The van der Waals surface area contributed by atoms with E-state index in [2.05, 4.69) is 63.5 Å². The normalized spacial score (nSPS) is 23.7. The molecule has 596 valence electrons. The van der Waals surface area contributed by atoms with Crippen LogP contribution in [0.25, 0.3) is 10.9 Å². The predicted molar refractivity (Wildman–Crippen MR) is 410 cm³/mol. The molecule has 1 aromatic heterocycles. The highest BCUT2D eigenvalue weighted by atomic mass is 32.2. The summed E-state index contributed by atoms with van der Waals surface area (Å²) in [5.41, 5.74) is 9.58. The van der Waals surface area contributed by atoms with Crippen molar-refractivity contribution in [2.45, 2.75) is 227 Å². The first-order valence-electron chi connectivity index (χ1n) is 36.6. The Morgan fingerprint density at radius 2 is 1.14 bits per heavy atom. The summed E-state index contributed by atoms with van der Waals surface area (Å²) >= 11 is 2.83. The predicted octanol–water partition coefficient (Wildman–Crippen LogP) is 1.21. The summed E-state index contributed by atoms with van der Waals surface area (Å²) in [7, 11) is 0. The largest absolute Gasteiger partial charge is 0.508 e. The first-order chi connectivity index (χ1) is 50.7. The number of benzene rings is 2. The van der Waals surface area contributed by atoms with Gasteiger partial charge in [0.05, 0.1) is 35.5 Å². The second-order valence-electron chi connectivity index (χ2n) is 29.2. The van der Waals surface area contributed by atoms with Crippen molar-refractivity contribution in [1.29, 1.82) is 0 Å². The Morgan fingerprint density at radius 3 is 1.72 bits per heavy atom. The maximum absolute atomic E-state index is 14.8. The zero-order chi connectivity index (χ0) is 80.9. The molecule has 17 N–H and O–H groups in total. The lowest BCUT2D eigenvalue weighted by atomic mass is 9.86. The number of carbonyl (C=O) groups is 16. The molecule has 2 aromatic carbocycles. The van der Waals surface area contributed by atoms with Gasteiger partial charge in [0.25, 0.3) is 0 Å². The number of para-hydroxylation sites is 1. The van der Waals surface area contributed by atoms with Gasteiger partial charge in [-0.15, -0.1) is 0 Å². The number of H-pyrrole nitrogens is 1. The fourth-order valence-electron chi connectivity index (χ4n) is 11.7. The number of phenols is 1. The molecule has 4 rings (SSSR count). The number of nitrogens with one attached hydrogen (secondary N) is 12. The summed E-state index contributed by atoms with van der Waals surface area (Å²) < 4.78 is 0. The van der Waals surface area contributed by atoms with E-state index in [4.69, 9.17) is 11.5 Å². The van der Waals surface area contributed by atoms with Crippen LogP contribution in [0, 0.1) is 23.2 Å². The lowest BCUT2D eigenvalue weighted by molar-refractivity contribution is -0.140. The zero-order valence-electron chi connectivity index (χ0n) is 64.2. The third kappa shape index (κ3) is 29.5. The smallest absolute Gasteiger partial charge is 0.246 e. The number of aromatic hydroxyl groups is 1. The standard InChI is InChI=1S/C75H112N14O17S2/c1-40(2)31-52-37-80-56(27-28-59(76)92)63(96)62(95)45(7)82-70(103)58(33-51-36-79-55-22-18-17-21-54(51)55)88-71(104)57(32-50-23-25-53(91)26-24-50)87-68(101)49(11)85-72(105)74(12,34-42(4)90)38-107-29-19-15-14-16-20-30-108-39-75(13,89-69(52)102)73(106)86-48(10)67(100)84-47(9)66(99)83-46(8)65(98)81-44(6)61(94)60(93)43(5)78-35-41(3)64(77)97/h17-18,21-26,36,40-41,43-49,52,56-58,78-80,91H,14-16,19-20,27-35,37-39H2,1-13H3,(H2,76,92)(H2,77,97)(H,81,98)(H,82,103)(H,83,99)(H,84,100)(H,85,105)(H,86,106)(H,87,101)(H,88,104)(H,89,102)/t41-,43-,44-,45?,46?,47-,48?,49?,52+,56-,57-,58-,74+,75-/m0/s1. The van der Waals surface area contributed by atoms with Gasteiger partial charge < -0.3 is 80.0 Å². The number of primary amides is 2. The number of Topliss-reactive ketones (excluding diaryl/α,β-unsaturated/α-hetero) is 5. The van der Waals surface area contributed by atoms with Crippen molar-refractivity contribution in [2.24, 2.45) is 34.6 Å². The maximum Gasteiger partial charge on any atom is 0.246 e. The average molecular weight is 1550 g/mol. The molecule has 1 fully saturated rings. The van der Waals surface area contributed by atoms with Gasteiger partial charge in [-0.25, -0.2) is 0 Å². The van der Waals surface area contributed by atoms with E-state index in [-0.39, 0.29) is 74.1 Å². The van der Waals surface area contributed by atoms with Crippen molar-refractivity contribution in [1.82, 2.24) is 63.5 Å². The number of phenolic OH excluding ortho intramolecular Hbond substituents is 1. The molecule has 0 bridgehead atoms. The molecule has 0 saturated carbocycles. The number of aromatic amines is 1. The quantitative estimate of drug-likeness (QED) is 0.0502. The molecular formula is C75H112N14O17S2. The number of thioether (sulfide) groups is 2. The van der Waals surface area contributed by atoms with E-state index in [0.717, 1.165) is 25.7 Å². The molecule has 31 nitrogen and oxygen atoms in total. The van der Waals surface area contributed by atoms with E-state index < -0.39 is 178 Å². The number of hydrogen-bond acceptors (Lipinski definition) is 21. The molecule has 0 aliphatic carbocycles. The maximum atomic E-state index is 14.8. The Bertz CT molecular complexity index is 3700. The second-order valence-corrected chi connectivity index (χ2v) is 31.4. The molecule has 11 amide bonds. The van der Waals surface area contributed by atoms with Crippen LogP contribution < -0.4 is 70.0 Å². The van der Waals surface area contributed by atoms with Gasteiger partial charge in [0.1, 0.15) is 53.3 Å². The first-order valence-corrected chi connectivity index (χ1v) is 38.9. The van der Waals surface area contributed by atoms with Crippen molar-refractivity contribution in [3.8, 4) is 5.75 Å². The minimum atomic E-state index is -1.75. The molecule has 3 aromatic rings. The molecule has 0 radical (unpaired) electrons. The lowest BCUT2D eigenvalue weighted by Crippen LogP contribution is -2.63. The van der Waals surface area contributed by atoms with Gasteiger partial charge in [-0.3, -0.25) is 76.7 Å². The number of carbonyl (C=O) groups excluding carboxylic acids is 16. The summed E-state index contributed by atoms with van der Waals surface area (Å²) in [5, 5.41) is 40.3. The van der Waals surface area contributed by atoms with Crippen LogP contribution in [0.5, 0.6) is 5.75 Å². The summed E-state index contributed by atoms with van der Waals surface area (Å²) in [4.78, 5) is 222. The van der Waals surface area contributed by atoms with Gasteiger partial charge in [0, 0.05) is 73.3 Å². The fourth-order valence-corrected chi connectivity index (χ4v) is 14.1. The highest BCUT2D eigenvalue weighted by Gasteiger charge is 2.42. The minimum absolute atomic E-state index is 0.0233. The Morgan fingerprint density at radius 1 is 0.602 bits per heavy atom. The van der Waals surface area contributed by atoms with Gasteiger partial charge >= 0.3 is 0 Å². The number of rotatable bonds is 26. The summed E-state index contributed by atoms with van der Waals surface area (Å²) in [5.74, 6) is -13.5. The fraction of sp³-hybridized carbons (Fsp3) is 0.600. The second kappa shape index (κ2) is 43.8. The first kappa shape index (κ1) is 91.3. The Labute approximate surface area is 639 Å². The van der Waals surface area contributed by atoms with Crippen molar-refractivity contribution in [3.63, 3.8) is 0 Å². The van der Waals surface area contributed by atoms with Crippen LogP contribution in [0.15, 0.2) is 54.7 Å². The Kier molecular flexibility index (Phi) is 37.0. The number of nitrogens with two attached hydrogens (primary N) is 2. The molecule has 1 aliphatic rings. The number of fused-ring (bicyclic) bond motifs is 1. The molecule has 0 spiro atoms. The molecule has 4 unspecified atom stereocenters. The molecule has 14 atom stereocenters. The van der Waals surface area contributed by atoms with Crippen LogP contribution >= 0.6 is 23.5 Å². The Hall–Kier alpha value is -9.08. The third-order valence-corrected chi connectivity index (χ3v) is 21.3. The molecular weight excluding hydrogens is 1430 g/mol. The van der Waals surface area contributed by atoms with E-state index >= 15 is 0 Å². The summed E-state index contributed by atoms with van der Waals surface area (Å²) in [6.07, 6.45) is 4.37. The number of amides is 11. The van der Waals surface area contributed by atoms with Gasteiger partial charge in [-0.1, -0.05) is 70.4 Å². The molecule has 1 saturated heterocycles. The molecule has 1 aliphatic heterocycles. The zero-order valence-corrected chi connectivity index (χ0v) is 65.8. The highest BCUT2D eigenvalue weighted by molar-refractivity contribution is 7.99. The van der Waals surface area contributed by atoms with Crippen LogP contribution in [0.3, 0.4) is 0 Å². The number of hydrogen-bond donors (Lipinski definition) is 15. The van der Waals surface area contributed by atoms with E-state index in [1.165, 1.54) is 110 Å². The topological polar surface area (TPSA) is 494 Å². The highest BCUT2D eigenvalue weighted by Crippen LogP contribution is 2.29. The van der Waals surface area contributed by atoms with Crippen molar-refractivity contribution < 1.29 is 81.8 Å². The lowest BCUT2D eigenvalue weighted by Gasteiger charge is -2.33. The summed E-state index contributed by atoms with van der Waals surface area (Å²) in [6, 6.07) is -0.541. The van der Waals surface area contributed by atoms with Crippen LogP contribution in [0.1, 0.15) is 159 Å². The van der Waals surface area contributed by atoms with Crippen LogP contribution in [0.2, 0.25) is 0 Å². The summed E-state index contributed by atoms with van der Waals surface area (Å²) in [6.45, 7) is 18.8.